The molecule has 0 radical (unpaired) electrons. The van der Waals surface area contributed by atoms with Gasteiger partial charge in [0.2, 0.25) is 0 Å². The van der Waals surface area contributed by atoms with Crippen LogP contribution in [0.4, 0.5) is 5.82 Å². The predicted octanol–water partition coefficient (Wildman–Crippen LogP) is 4.08. The molecule has 0 aliphatic carbocycles. The van der Waals surface area contributed by atoms with Crippen LogP contribution in [0.2, 0.25) is 5.02 Å². The molecule has 1 saturated heterocycles. The van der Waals surface area contributed by atoms with Crippen molar-refractivity contribution in [3.05, 3.63) is 71.0 Å². The van der Waals surface area contributed by atoms with Crippen LogP contribution in [0.3, 0.4) is 0 Å². The number of methoxy groups -OCH3 is 1. The average Bonchev–Trinajstić information content (AvgIpc) is 2.79. The molecule has 1 amide bonds. The lowest BCUT2D eigenvalue weighted by molar-refractivity contribution is 0.0743. The highest BCUT2D eigenvalue weighted by atomic mass is 35.5. The van der Waals surface area contributed by atoms with E-state index in [4.69, 9.17) is 16.3 Å². The Balaban J connectivity index is 1.46. The summed E-state index contributed by atoms with van der Waals surface area (Å²) in [5.41, 5.74) is 3.65. The number of anilines is 1. The number of ether oxygens (including phenoxy) is 1. The van der Waals surface area contributed by atoms with Crippen LogP contribution in [-0.4, -0.2) is 54.1 Å². The molecule has 0 atom stereocenters. The van der Waals surface area contributed by atoms with Crippen LogP contribution in [0.25, 0.3) is 11.3 Å². The molecule has 154 valence electrons. The lowest BCUT2D eigenvalue weighted by Crippen LogP contribution is -2.49. The smallest absolute Gasteiger partial charge is 0.257 e. The second-order valence-corrected chi connectivity index (χ2v) is 7.69. The summed E-state index contributed by atoms with van der Waals surface area (Å²) in [5, 5.41) is 0.516. The summed E-state index contributed by atoms with van der Waals surface area (Å²) < 4.78 is 5.33. The third-order valence-corrected chi connectivity index (χ3v) is 5.52. The summed E-state index contributed by atoms with van der Waals surface area (Å²) in [6.07, 6.45) is 1.60. The molecule has 1 aromatic heterocycles. The monoisotopic (exact) mass is 422 g/mol. The van der Waals surface area contributed by atoms with E-state index >= 15 is 0 Å². The van der Waals surface area contributed by atoms with Gasteiger partial charge in [0.15, 0.2) is 0 Å². The number of hydrogen-bond acceptors (Lipinski definition) is 5. The molecule has 0 spiro atoms. The van der Waals surface area contributed by atoms with Gasteiger partial charge in [-0.2, -0.15) is 0 Å². The topological polar surface area (TPSA) is 58.6 Å². The van der Waals surface area contributed by atoms with Crippen molar-refractivity contribution >= 4 is 23.3 Å². The second-order valence-electron chi connectivity index (χ2n) is 7.25. The quantitative estimate of drug-likeness (QED) is 0.634. The molecule has 3 aromatic rings. The first-order valence-corrected chi connectivity index (χ1v) is 10.2. The molecular formula is C23H23ClN4O2. The number of rotatable bonds is 4. The molecule has 1 fully saturated rings. The van der Waals surface area contributed by atoms with Gasteiger partial charge in [0.05, 0.1) is 18.4 Å². The largest absolute Gasteiger partial charge is 0.496 e. The summed E-state index contributed by atoms with van der Waals surface area (Å²) in [4.78, 5) is 25.9. The van der Waals surface area contributed by atoms with Gasteiger partial charge in [-0.05, 0) is 25.1 Å². The van der Waals surface area contributed by atoms with E-state index in [0.29, 0.717) is 42.5 Å². The van der Waals surface area contributed by atoms with Gasteiger partial charge in [-0.1, -0.05) is 41.4 Å². The Morgan fingerprint density at radius 2 is 1.73 bits per heavy atom. The highest BCUT2D eigenvalue weighted by Gasteiger charge is 2.25. The Labute approximate surface area is 181 Å². The normalized spacial score (nSPS) is 14.0. The Morgan fingerprint density at radius 3 is 2.43 bits per heavy atom. The summed E-state index contributed by atoms with van der Waals surface area (Å²) in [7, 11) is 1.55. The molecule has 7 heteroatoms. The number of hydrogen-bond donors (Lipinski definition) is 0. The Hall–Kier alpha value is -3.12. The molecule has 4 rings (SSSR count). The first kappa shape index (κ1) is 20.2. The lowest BCUT2D eigenvalue weighted by atomic mass is 10.1. The minimum atomic E-state index is -0.0722. The van der Waals surface area contributed by atoms with Gasteiger partial charge in [-0.3, -0.25) is 4.79 Å². The van der Waals surface area contributed by atoms with E-state index in [-0.39, 0.29) is 5.91 Å². The number of piperazine rings is 1. The third-order valence-electron chi connectivity index (χ3n) is 5.28. The zero-order chi connectivity index (χ0) is 21.1. The van der Waals surface area contributed by atoms with E-state index in [1.54, 1.807) is 31.6 Å². The van der Waals surface area contributed by atoms with Gasteiger partial charge in [-0.25, -0.2) is 9.97 Å². The molecule has 1 aliphatic rings. The predicted molar refractivity (Wildman–Crippen MR) is 118 cm³/mol. The van der Waals surface area contributed by atoms with Crippen molar-refractivity contribution in [3.8, 4) is 17.0 Å². The van der Waals surface area contributed by atoms with E-state index in [1.807, 2.05) is 11.0 Å². The van der Waals surface area contributed by atoms with Crippen LogP contribution in [-0.2, 0) is 0 Å². The maximum absolute atomic E-state index is 13.0. The first-order valence-electron chi connectivity index (χ1n) is 9.82. The molecule has 1 aliphatic heterocycles. The highest BCUT2D eigenvalue weighted by molar-refractivity contribution is 6.31. The molecule has 0 N–H and O–H groups in total. The van der Waals surface area contributed by atoms with Gasteiger partial charge in [0.25, 0.3) is 5.91 Å². The zero-order valence-corrected chi connectivity index (χ0v) is 17.8. The molecule has 2 aromatic carbocycles. The van der Waals surface area contributed by atoms with Crippen LogP contribution in [0, 0.1) is 6.92 Å². The molecular weight excluding hydrogens is 400 g/mol. The standard InChI is InChI=1S/C23H23ClN4O2/c1-16-3-5-17(6-4-16)20-14-22(26-15-25-20)27-9-11-28(12-10-27)23(29)19-13-18(24)7-8-21(19)30-2/h3-8,13-15H,9-12H2,1-2H3. The van der Waals surface area contributed by atoms with Crippen molar-refractivity contribution in [2.45, 2.75) is 6.92 Å². The molecule has 0 unspecified atom stereocenters. The van der Waals surface area contributed by atoms with Gasteiger partial charge < -0.3 is 14.5 Å². The average molecular weight is 423 g/mol. The zero-order valence-electron chi connectivity index (χ0n) is 17.0. The van der Waals surface area contributed by atoms with Crippen LogP contribution in [0.1, 0.15) is 15.9 Å². The number of amides is 1. The van der Waals surface area contributed by atoms with Crippen LogP contribution < -0.4 is 9.64 Å². The SMILES string of the molecule is COc1ccc(Cl)cc1C(=O)N1CCN(c2cc(-c3ccc(C)cc3)ncn2)CC1. The maximum Gasteiger partial charge on any atom is 0.257 e. The fourth-order valence-corrected chi connectivity index (χ4v) is 3.73. The molecule has 30 heavy (non-hydrogen) atoms. The Morgan fingerprint density at radius 1 is 1.00 bits per heavy atom. The van der Waals surface area contributed by atoms with Crippen molar-refractivity contribution in [1.29, 1.82) is 0 Å². The number of nitrogens with zero attached hydrogens (tertiary/aromatic N) is 4. The van der Waals surface area contributed by atoms with Crippen LogP contribution >= 0.6 is 11.6 Å². The minimum absolute atomic E-state index is 0.0722. The highest BCUT2D eigenvalue weighted by Crippen LogP contribution is 2.26. The van der Waals surface area contributed by atoms with Gasteiger partial charge in [-0.15, -0.1) is 0 Å². The summed E-state index contributed by atoms with van der Waals surface area (Å²) >= 11 is 6.09. The van der Waals surface area contributed by atoms with Crippen LogP contribution in [0.5, 0.6) is 5.75 Å². The van der Waals surface area contributed by atoms with Gasteiger partial charge in [0.1, 0.15) is 17.9 Å². The fourth-order valence-electron chi connectivity index (χ4n) is 3.56. The number of aromatic nitrogens is 2. The van der Waals surface area contributed by atoms with E-state index in [9.17, 15) is 4.79 Å². The number of halogens is 1. The van der Waals surface area contributed by atoms with Gasteiger partial charge >= 0.3 is 0 Å². The van der Waals surface area contributed by atoms with Crippen molar-refractivity contribution in [2.75, 3.05) is 38.2 Å². The summed E-state index contributed by atoms with van der Waals surface area (Å²) in [5.74, 6) is 1.33. The van der Waals surface area contributed by atoms with E-state index in [1.165, 1.54) is 5.56 Å². The van der Waals surface area contributed by atoms with Crippen LogP contribution in [0.15, 0.2) is 54.9 Å². The third kappa shape index (κ3) is 4.24. The Kier molecular flexibility index (Phi) is 5.86. The molecule has 6 nitrogen and oxygen atoms in total. The minimum Gasteiger partial charge on any atom is -0.496 e. The number of aryl methyl sites for hydroxylation is 1. The van der Waals surface area contributed by atoms with Crippen molar-refractivity contribution in [2.24, 2.45) is 0 Å². The van der Waals surface area contributed by atoms with E-state index in [0.717, 1.165) is 17.1 Å². The molecule has 2 heterocycles. The van der Waals surface area contributed by atoms with E-state index < -0.39 is 0 Å². The van der Waals surface area contributed by atoms with Gasteiger partial charge in [0, 0.05) is 42.8 Å². The second kappa shape index (κ2) is 8.71. The number of benzene rings is 2. The number of carbonyl (C=O) groups excluding carboxylic acids is 1. The fraction of sp³-hybridized carbons (Fsp3) is 0.261. The maximum atomic E-state index is 13.0. The lowest BCUT2D eigenvalue weighted by Gasteiger charge is -2.35. The molecule has 0 bridgehead atoms. The van der Waals surface area contributed by atoms with Crippen molar-refractivity contribution < 1.29 is 9.53 Å². The first-order chi connectivity index (χ1) is 14.5. The summed E-state index contributed by atoms with van der Waals surface area (Å²) in [6.45, 7) is 4.64. The number of carbonyl (C=O) groups is 1. The van der Waals surface area contributed by atoms with E-state index in [2.05, 4.69) is 46.1 Å². The summed E-state index contributed by atoms with van der Waals surface area (Å²) in [6, 6.07) is 15.4. The van der Waals surface area contributed by atoms with Crippen molar-refractivity contribution in [3.63, 3.8) is 0 Å². The Bertz CT molecular complexity index is 1050. The molecule has 0 saturated carbocycles. The van der Waals surface area contributed by atoms with Crippen molar-refractivity contribution in [1.82, 2.24) is 14.9 Å².